The van der Waals surface area contributed by atoms with Crippen LogP contribution in [-0.4, -0.2) is 20.3 Å². The minimum Gasteiger partial charge on any atom is -0.347 e. The van der Waals surface area contributed by atoms with Gasteiger partial charge in [0, 0.05) is 25.1 Å². The van der Waals surface area contributed by atoms with E-state index < -0.39 is 0 Å². The van der Waals surface area contributed by atoms with E-state index in [1.165, 1.54) is 0 Å². The van der Waals surface area contributed by atoms with E-state index in [9.17, 15) is 4.79 Å². The van der Waals surface area contributed by atoms with E-state index in [0.717, 1.165) is 22.5 Å². The van der Waals surface area contributed by atoms with Gasteiger partial charge >= 0.3 is 0 Å². The number of nitrogens with one attached hydrogen (secondary N) is 1. The molecule has 1 amide bonds. The number of carbonyl (C=O) groups excluding carboxylic acids is 1. The Morgan fingerprint density at radius 2 is 2.00 bits per heavy atom. The molecule has 0 aromatic carbocycles. The molecule has 0 fully saturated rings. The summed E-state index contributed by atoms with van der Waals surface area (Å²) in [4.78, 5) is 20.8. The molecule has 0 saturated heterocycles. The maximum Gasteiger partial charge on any atom is 0.270 e. The van der Waals surface area contributed by atoms with Crippen molar-refractivity contribution in [2.45, 2.75) is 20.4 Å². The van der Waals surface area contributed by atoms with Crippen molar-refractivity contribution in [1.82, 2.24) is 19.7 Å². The molecule has 21 heavy (non-hydrogen) atoms. The van der Waals surface area contributed by atoms with E-state index >= 15 is 0 Å². The standard InChI is InChI=1S/C16H16N4O/c1-11-5-8-20-14(9-11)19-12(2)15(20)16(21)18-10-13-3-6-17-7-4-13/h3-9H,10H2,1-2H3,(H,18,21). The second-order valence-corrected chi connectivity index (χ2v) is 5.02. The predicted molar refractivity (Wildman–Crippen MR) is 80.1 cm³/mol. The third-order valence-electron chi connectivity index (χ3n) is 3.37. The van der Waals surface area contributed by atoms with E-state index in [4.69, 9.17) is 0 Å². The lowest BCUT2D eigenvalue weighted by atomic mass is 10.2. The molecule has 5 nitrogen and oxygen atoms in total. The van der Waals surface area contributed by atoms with Crippen LogP contribution in [0.25, 0.3) is 5.65 Å². The highest BCUT2D eigenvalue weighted by Crippen LogP contribution is 2.13. The van der Waals surface area contributed by atoms with Crippen LogP contribution in [0.15, 0.2) is 42.9 Å². The predicted octanol–water partition coefficient (Wildman–Crippen LogP) is 2.28. The first-order valence-corrected chi connectivity index (χ1v) is 6.77. The number of hydrogen-bond acceptors (Lipinski definition) is 3. The summed E-state index contributed by atoms with van der Waals surface area (Å²) in [6.07, 6.45) is 5.31. The van der Waals surface area contributed by atoms with Crippen molar-refractivity contribution in [1.29, 1.82) is 0 Å². The lowest BCUT2D eigenvalue weighted by Gasteiger charge is -2.06. The fourth-order valence-electron chi connectivity index (χ4n) is 2.30. The number of nitrogens with zero attached hydrogens (tertiary/aromatic N) is 3. The number of aryl methyl sites for hydroxylation is 2. The molecule has 0 saturated carbocycles. The normalized spacial score (nSPS) is 10.8. The number of hydrogen-bond donors (Lipinski definition) is 1. The lowest BCUT2D eigenvalue weighted by Crippen LogP contribution is -2.25. The molecule has 3 aromatic rings. The Hall–Kier alpha value is -2.69. The topological polar surface area (TPSA) is 59.3 Å². The molecular weight excluding hydrogens is 264 g/mol. The van der Waals surface area contributed by atoms with Crippen LogP contribution in [0.5, 0.6) is 0 Å². The van der Waals surface area contributed by atoms with Crippen molar-refractivity contribution in [2.75, 3.05) is 0 Å². The number of aromatic nitrogens is 3. The van der Waals surface area contributed by atoms with Crippen molar-refractivity contribution in [2.24, 2.45) is 0 Å². The highest BCUT2D eigenvalue weighted by atomic mass is 16.1. The van der Waals surface area contributed by atoms with Crippen LogP contribution in [0.4, 0.5) is 0 Å². The largest absolute Gasteiger partial charge is 0.347 e. The molecule has 0 spiro atoms. The minimum atomic E-state index is -0.124. The number of carbonyl (C=O) groups is 1. The first-order valence-electron chi connectivity index (χ1n) is 6.77. The maximum absolute atomic E-state index is 12.4. The quantitative estimate of drug-likeness (QED) is 0.800. The molecule has 0 aliphatic rings. The molecule has 3 heterocycles. The zero-order chi connectivity index (χ0) is 14.8. The minimum absolute atomic E-state index is 0.124. The number of pyridine rings is 2. The van der Waals surface area contributed by atoms with Crippen LogP contribution < -0.4 is 5.32 Å². The van der Waals surface area contributed by atoms with E-state index in [-0.39, 0.29) is 5.91 Å². The zero-order valence-corrected chi connectivity index (χ0v) is 12.0. The molecular formula is C16H16N4O. The Labute approximate surface area is 122 Å². The second-order valence-electron chi connectivity index (χ2n) is 5.02. The molecule has 0 aliphatic heterocycles. The average Bonchev–Trinajstić information content (AvgIpc) is 2.81. The Bertz CT molecular complexity index is 793. The first-order chi connectivity index (χ1) is 10.1. The summed E-state index contributed by atoms with van der Waals surface area (Å²) in [6, 6.07) is 7.69. The van der Waals surface area contributed by atoms with Crippen LogP contribution in [0, 0.1) is 13.8 Å². The van der Waals surface area contributed by atoms with Gasteiger partial charge in [-0.25, -0.2) is 4.98 Å². The highest BCUT2D eigenvalue weighted by molar-refractivity contribution is 5.94. The van der Waals surface area contributed by atoms with Crippen molar-refractivity contribution in [3.63, 3.8) is 0 Å². The van der Waals surface area contributed by atoms with Gasteiger partial charge in [-0.2, -0.15) is 0 Å². The summed E-state index contributed by atoms with van der Waals surface area (Å²) in [5, 5.41) is 2.92. The van der Waals surface area contributed by atoms with E-state index in [0.29, 0.717) is 12.2 Å². The third kappa shape index (κ3) is 2.63. The molecule has 5 heteroatoms. The number of imidazole rings is 1. The average molecular weight is 280 g/mol. The summed E-state index contributed by atoms with van der Waals surface area (Å²) in [6.45, 7) is 4.33. The Morgan fingerprint density at radius 1 is 1.24 bits per heavy atom. The van der Waals surface area contributed by atoms with Gasteiger partial charge in [0.25, 0.3) is 5.91 Å². The van der Waals surface area contributed by atoms with Gasteiger partial charge in [-0.3, -0.25) is 14.2 Å². The van der Waals surface area contributed by atoms with Crippen LogP contribution in [0.2, 0.25) is 0 Å². The summed E-state index contributed by atoms with van der Waals surface area (Å²) in [5.74, 6) is -0.124. The summed E-state index contributed by atoms with van der Waals surface area (Å²) >= 11 is 0. The van der Waals surface area contributed by atoms with Gasteiger partial charge in [0.05, 0.1) is 5.69 Å². The number of fused-ring (bicyclic) bond motifs is 1. The van der Waals surface area contributed by atoms with Gasteiger partial charge in [0.15, 0.2) is 0 Å². The molecule has 1 N–H and O–H groups in total. The van der Waals surface area contributed by atoms with Crippen LogP contribution in [-0.2, 0) is 6.54 Å². The Balaban J connectivity index is 1.86. The molecule has 3 aromatic heterocycles. The second kappa shape index (κ2) is 5.36. The summed E-state index contributed by atoms with van der Waals surface area (Å²) in [7, 11) is 0. The molecule has 0 bridgehead atoms. The Morgan fingerprint density at radius 3 is 2.76 bits per heavy atom. The Kier molecular flexibility index (Phi) is 3.39. The summed E-state index contributed by atoms with van der Waals surface area (Å²) < 4.78 is 1.82. The third-order valence-corrected chi connectivity index (χ3v) is 3.37. The van der Waals surface area contributed by atoms with Crippen molar-refractivity contribution in [3.05, 3.63) is 65.4 Å². The lowest BCUT2D eigenvalue weighted by molar-refractivity contribution is 0.0944. The van der Waals surface area contributed by atoms with E-state index in [1.54, 1.807) is 12.4 Å². The first kappa shape index (κ1) is 13.3. The fourth-order valence-corrected chi connectivity index (χ4v) is 2.30. The van der Waals surface area contributed by atoms with Crippen LogP contribution in [0.1, 0.15) is 27.3 Å². The molecule has 0 aliphatic carbocycles. The summed E-state index contributed by atoms with van der Waals surface area (Å²) in [5.41, 5.74) is 4.24. The molecule has 0 atom stereocenters. The zero-order valence-electron chi connectivity index (χ0n) is 12.0. The number of amides is 1. The van der Waals surface area contributed by atoms with Crippen LogP contribution in [0.3, 0.4) is 0 Å². The maximum atomic E-state index is 12.4. The van der Waals surface area contributed by atoms with Gasteiger partial charge in [-0.1, -0.05) is 0 Å². The van der Waals surface area contributed by atoms with Gasteiger partial charge in [0.2, 0.25) is 0 Å². The monoisotopic (exact) mass is 280 g/mol. The van der Waals surface area contributed by atoms with Crippen LogP contribution >= 0.6 is 0 Å². The van der Waals surface area contributed by atoms with Crippen molar-refractivity contribution in [3.8, 4) is 0 Å². The van der Waals surface area contributed by atoms with Gasteiger partial charge in [-0.05, 0) is 49.2 Å². The SMILES string of the molecule is Cc1ccn2c(C(=O)NCc3ccncc3)c(C)nc2c1. The molecule has 0 radical (unpaired) electrons. The van der Waals surface area contributed by atoms with Crippen molar-refractivity contribution < 1.29 is 4.79 Å². The van der Waals surface area contributed by atoms with E-state index in [2.05, 4.69) is 15.3 Å². The van der Waals surface area contributed by atoms with Gasteiger partial charge in [0.1, 0.15) is 11.3 Å². The molecule has 3 rings (SSSR count). The molecule has 0 unspecified atom stereocenters. The fraction of sp³-hybridized carbons (Fsp3) is 0.188. The van der Waals surface area contributed by atoms with Gasteiger partial charge < -0.3 is 5.32 Å². The molecule has 106 valence electrons. The van der Waals surface area contributed by atoms with Gasteiger partial charge in [-0.15, -0.1) is 0 Å². The smallest absolute Gasteiger partial charge is 0.270 e. The van der Waals surface area contributed by atoms with Crippen molar-refractivity contribution >= 4 is 11.6 Å². The van der Waals surface area contributed by atoms with E-state index in [1.807, 2.05) is 48.7 Å². The number of rotatable bonds is 3. The highest BCUT2D eigenvalue weighted by Gasteiger charge is 2.16.